The molecule has 1 aromatic carbocycles. The number of nitriles is 1. The molecule has 102 valence electrons. The van der Waals surface area contributed by atoms with E-state index in [0.717, 1.165) is 12.1 Å². The SMILES string of the molecule is N#Cc1ccc(S(=O)(=O)n2cc(F)c(N)nc2=O)cc1. The first-order chi connectivity index (χ1) is 9.36. The minimum atomic E-state index is -4.30. The third-order valence-electron chi connectivity index (χ3n) is 2.42. The summed E-state index contributed by atoms with van der Waals surface area (Å²) in [5.41, 5.74) is 4.11. The lowest BCUT2D eigenvalue weighted by Gasteiger charge is -2.07. The maximum atomic E-state index is 13.3. The van der Waals surface area contributed by atoms with Crippen molar-refractivity contribution in [1.82, 2.24) is 8.96 Å². The molecule has 2 N–H and O–H groups in total. The van der Waals surface area contributed by atoms with Crippen molar-refractivity contribution in [1.29, 1.82) is 5.26 Å². The Kier molecular flexibility index (Phi) is 3.25. The molecule has 0 aliphatic carbocycles. The van der Waals surface area contributed by atoms with Crippen LogP contribution in [0.4, 0.5) is 10.2 Å². The molecular weight excluding hydrogens is 287 g/mol. The smallest absolute Gasteiger partial charge is 0.363 e. The van der Waals surface area contributed by atoms with E-state index in [1.165, 1.54) is 12.1 Å². The first-order valence-electron chi connectivity index (χ1n) is 5.16. The van der Waals surface area contributed by atoms with Gasteiger partial charge in [-0.2, -0.15) is 14.2 Å². The van der Waals surface area contributed by atoms with Crippen LogP contribution in [-0.4, -0.2) is 17.4 Å². The summed E-state index contributed by atoms with van der Waals surface area (Å²) >= 11 is 0. The summed E-state index contributed by atoms with van der Waals surface area (Å²) in [4.78, 5) is 14.3. The second-order valence-electron chi connectivity index (χ2n) is 3.69. The first-order valence-corrected chi connectivity index (χ1v) is 6.60. The van der Waals surface area contributed by atoms with Crippen molar-refractivity contribution < 1.29 is 12.8 Å². The van der Waals surface area contributed by atoms with E-state index >= 15 is 0 Å². The van der Waals surface area contributed by atoms with Gasteiger partial charge in [-0.05, 0) is 24.3 Å². The molecule has 0 atom stereocenters. The lowest BCUT2D eigenvalue weighted by molar-refractivity contribution is 0.572. The van der Waals surface area contributed by atoms with Gasteiger partial charge in [0.05, 0.1) is 22.7 Å². The van der Waals surface area contributed by atoms with Crippen molar-refractivity contribution in [3.05, 3.63) is 52.3 Å². The maximum absolute atomic E-state index is 13.3. The molecule has 0 fully saturated rings. The number of anilines is 1. The van der Waals surface area contributed by atoms with Gasteiger partial charge in [-0.1, -0.05) is 0 Å². The van der Waals surface area contributed by atoms with Crippen LogP contribution in [0.3, 0.4) is 0 Å². The van der Waals surface area contributed by atoms with E-state index in [1.54, 1.807) is 0 Å². The van der Waals surface area contributed by atoms with Gasteiger partial charge >= 0.3 is 5.69 Å². The second kappa shape index (κ2) is 4.75. The van der Waals surface area contributed by atoms with Gasteiger partial charge in [-0.25, -0.2) is 17.6 Å². The van der Waals surface area contributed by atoms with Gasteiger partial charge in [-0.15, -0.1) is 0 Å². The zero-order chi connectivity index (χ0) is 14.9. The van der Waals surface area contributed by atoms with Crippen molar-refractivity contribution in [2.45, 2.75) is 4.90 Å². The molecule has 20 heavy (non-hydrogen) atoms. The third-order valence-corrected chi connectivity index (χ3v) is 4.07. The standard InChI is InChI=1S/C11H7FN4O3S/c12-9-6-16(11(17)15-10(9)14)20(18,19)8-3-1-7(5-13)2-4-8/h1-4,6H,(H2,14,15,17). The first kappa shape index (κ1) is 13.7. The van der Waals surface area contributed by atoms with Gasteiger partial charge < -0.3 is 5.73 Å². The molecule has 9 heteroatoms. The molecule has 2 aromatic rings. The van der Waals surface area contributed by atoms with Gasteiger partial charge in [0, 0.05) is 0 Å². The highest BCUT2D eigenvalue weighted by Gasteiger charge is 2.20. The molecule has 0 radical (unpaired) electrons. The number of hydrogen-bond donors (Lipinski definition) is 1. The Bertz CT molecular complexity index is 866. The number of halogens is 1. The van der Waals surface area contributed by atoms with Gasteiger partial charge in [0.1, 0.15) is 0 Å². The molecule has 0 saturated carbocycles. The lowest BCUT2D eigenvalue weighted by Crippen LogP contribution is -2.30. The van der Waals surface area contributed by atoms with Crippen LogP contribution in [0.15, 0.2) is 40.2 Å². The van der Waals surface area contributed by atoms with Crippen LogP contribution in [0.1, 0.15) is 5.56 Å². The van der Waals surface area contributed by atoms with Crippen molar-refractivity contribution in [3.8, 4) is 6.07 Å². The summed E-state index contributed by atoms with van der Waals surface area (Å²) in [6.07, 6.45) is 0.457. The summed E-state index contributed by atoms with van der Waals surface area (Å²) in [5, 5.41) is 8.63. The van der Waals surface area contributed by atoms with Crippen molar-refractivity contribution >= 4 is 15.8 Å². The fourth-order valence-corrected chi connectivity index (χ4v) is 2.60. The van der Waals surface area contributed by atoms with Crippen LogP contribution in [0.2, 0.25) is 0 Å². The Morgan fingerprint density at radius 2 is 1.90 bits per heavy atom. The number of hydrogen-bond acceptors (Lipinski definition) is 6. The molecule has 0 aliphatic rings. The molecule has 2 rings (SSSR count). The monoisotopic (exact) mass is 294 g/mol. The Labute approximate surface area is 112 Å². The number of nitrogen functional groups attached to an aromatic ring is 1. The van der Waals surface area contributed by atoms with Gasteiger partial charge in [0.2, 0.25) is 0 Å². The predicted octanol–water partition coefficient (Wildman–Crippen LogP) is 0.0733. The Hall–Kier alpha value is -2.73. The largest absolute Gasteiger partial charge is 0.381 e. The summed E-state index contributed by atoms with van der Waals surface area (Å²) in [5.74, 6) is -1.80. The van der Waals surface area contributed by atoms with Crippen molar-refractivity contribution in [2.24, 2.45) is 0 Å². The average Bonchev–Trinajstić information content (AvgIpc) is 2.42. The summed E-state index contributed by atoms with van der Waals surface area (Å²) < 4.78 is 37.7. The van der Waals surface area contributed by atoms with E-state index < -0.39 is 27.3 Å². The Morgan fingerprint density at radius 3 is 2.45 bits per heavy atom. The second-order valence-corrected chi connectivity index (χ2v) is 5.51. The predicted molar refractivity (Wildman–Crippen MR) is 66.6 cm³/mol. The minimum Gasteiger partial charge on any atom is -0.381 e. The normalized spacial score (nSPS) is 11.0. The third kappa shape index (κ3) is 2.24. The molecule has 1 heterocycles. The van der Waals surface area contributed by atoms with E-state index in [9.17, 15) is 17.6 Å². The topological polar surface area (TPSA) is 119 Å². The molecule has 0 amide bonds. The highest BCUT2D eigenvalue weighted by Crippen LogP contribution is 2.14. The van der Waals surface area contributed by atoms with Crippen LogP contribution in [-0.2, 0) is 10.0 Å². The number of nitrogens with zero attached hydrogens (tertiary/aromatic N) is 3. The molecule has 0 aliphatic heterocycles. The van der Waals surface area contributed by atoms with Crippen molar-refractivity contribution in [2.75, 3.05) is 5.73 Å². The van der Waals surface area contributed by atoms with Gasteiger partial charge in [-0.3, -0.25) is 0 Å². The quantitative estimate of drug-likeness (QED) is 0.837. The van der Waals surface area contributed by atoms with Crippen LogP contribution >= 0.6 is 0 Å². The summed E-state index contributed by atoms with van der Waals surface area (Å²) in [6, 6.07) is 6.61. The van der Waals surface area contributed by atoms with Crippen molar-refractivity contribution in [3.63, 3.8) is 0 Å². The maximum Gasteiger partial charge on any atom is 0.363 e. The van der Waals surface area contributed by atoms with Crippen LogP contribution < -0.4 is 11.4 Å². The van der Waals surface area contributed by atoms with E-state index in [-0.39, 0.29) is 14.4 Å². The number of nitrogens with two attached hydrogens (primary N) is 1. The average molecular weight is 294 g/mol. The minimum absolute atomic E-state index is 0.153. The van der Waals surface area contributed by atoms with E-state index in [1.807, 2.05) is 6.07 Å². The molecule has 7 nitrogen and oxygen atoms in total. The highest BCUT2D eigenvalue weighted by molar-refractivity contribution is 7.90. The van der Waals surface area contributed by atoms with E-state index in [4.69, 9.17) is 11.0 Å². The number of benzene rings is 1. The van der Waals surface area contributed by atoms with Crippen LogP contribution in [0.25, 0.3) is 0 Å². The lowest BCUT2D eigenvalue weighted by atomic mass is 10.2. The molecule has 0 spiro atoms. The summed E-state index contributed by atoms with van der Waals surface area (Å²) in [7, 11) is -4.30. The van der Waals surface area contributed by atoms with Gasteiger partial charge in [0.25, 0.3) is 10.0 Å². The molecular formula is C11H7FN4O3S. The summed E-state index contributed by atoms with van der Waals surface area (Å²) in [6.45, 7) is 0. The number of aromatic nitrogens is 2. The van der Waals surface area contributed by atoms with Gasteiger partial charge in [0.15, 0.2) is 11.6 Å². The zero-order valence-corrected chi connectivity index (χ0v) is 10.6. The molecule has 0 unspecified atom stereocenters. The Balaban J connectivity index is 2.64. The van der Waals surface area contributed by atoms with E-state index in [0.29, 0.717) is 6.20 Å². The molecule has 1 aromatic heterocycles. The highest BCUT2D eigenvalue weighted by atomic mass is 32.2. The van der Waals surface area contributed by atoms with Crippen LogP contribution in [0, 0.1) is 17.1 Å². The molecule has 0 saturated heterocycles. The fraction of sp³-hybridized carbons (Fsp3) is 0. The zero-order valence-electron chi connectivity index (χ0n) is 9.82. The van der Waals surface area contributed by atoms with Crippen LogP contribution in [0.5, 0.6) is 0 Å². The number of rotatable bonds is 2. The molecule has 0 bridgehead atoms. The van der Waals surface area contributed by atoms with E-state index in [2.05, 4.69) is 4.98 Å². The fourth-order valence-electron chi connectivity index (χ4n) is 1.42. The Morgan fingerprint density at radius 1 is 1.30 bits per heavy atom.